The molecule has 1 heterocycles. The zero-order chi connectivity index (χ0) is 17.5. The first kappa shape index (κ1) is 17.4. The van der Waals surface area contributed by atoms with E-state index in [1.807, 2.05) is 6.92 Å². The second-order valence-electron chi connectivity index (χ2n) is 5.33. The highest BCUT2D eigenvalue weighted by Crippen LogP contribution is 2.12. The van der Waals surface area contributed by atoms with Gasteiger partial charge in [0.2, 0.25) is 5.78 Å². The van der Waals surface area contributed by atoms with Gasteiger partial charge in [-0.05, 0) is 6.42 Å². The molecule has 0 spiro atoms. The number of carboxylic acid groups (broad SMARTS) is 1. The Hall–Kier alpha value is -2.96. The number of aliphatic carboxylic acids is 1. The number of hydrogen-bond donors (Lipinski definition) is 3. The van der Waals surface area contributed by atoms with Gasteiger partial charge in [0.15, 0.2) is 0 Å². The normalized spacial score (nSPS) is 11.7. The van der Waals surface area contributed by atoms with Crippen LogP contribution in [-0.4, -0.2) is 38.8 Å². The van der Waals surface area contributed by atoms with Gasteiger partial charge < -0.3 is 15.4 Å². The third kappa shape index (κ3) is 4.07. The van der Waals surface area contributed by atoms with Gasteiger partial charge in [-0.15, -0.1) is 0 Å². The number of nitrogens with one attached hydrogen (secondary N) is 2. The molecule has 1 aromatic heterocycles. The van der Waals surface area contributed by atoms with Crippen LogP contribution in [0.2, 0.25) is 0 Å². The van der Waals surface area contributed by atoms with Crippen LogP contribution in [0.1, 0.15) is 52.7 Å². The molecule has 126 valence electrons. The first-order valence-electron chi connectivity index (χ1n) is 7.71. The number of imidazole rings is 1. The number of carbonyl (C=O) groups is 3. The second-order valence-corrected chi connectivity index (χ2v) is 5.33. The SMILES string of the molecule is CCCCC(NC(=O)c1[nH]cnc1C(=O)c1ccccc1)C(=O)O. The minimum absolute atomic E-state index is 0.0293. The predicted molar refractivity (Wildman–Crippen MR) is 86.9 cm³/mol. The van der Waals surface area contributed by atoms with Gasteiger partial charge in [0.1, 0.15) is 17.4 Å². The van der Waals surface area contributed by atoms with Gasteiger partial charge in [-0.3, -0.25) is 9.59 Å². The molecule has 0 fully saturated rings. The minimum atomic E-state index is -1.10. The molecule has 24 heavy (non-hydrogen) atoms. The summed E-state index contributed by atoms with van der Waals surface area (Å²) in [6.07, 6.45) is 3.07. The quantitative estimate of drug-likeness (QED) is 0.641. The zero-order valence-corrected chi connectivity index (χ0v) is 13.3. The van der Waals surface area contributed by atoms with E-state index in [0.29, 0.717) is 18.4 Å². The summed E-state index contributed by atoms with van der Waals surface area (Å²) in [6, 6.07) is 7.45. The summed E-state index contributed by atoms with van der Waals surface area (Å²) in [5.41, 5.74) is 0.337. The first-order chi connectivity index (χ1) is 11.5. The van der Waals surface area contributed by atoms with Gasteiger partial charge in [-0.2, -0.15) is 0 Å². The largest absolute Gasteiger partial charge is 0.480 e. The molecule has 1 amide bonds. The molecule has 0 bridgehead atoms. The fraction of sp³-hybridized carbons (Fsp3) is 0.294. The van der Waals surface area contributed by atoms with E-state index >= 15 is 0 Å². The maximum Gasteiger partial charge on any atom is 0.326 e. The molecule has 2 aromatic rings. The Kier molecular flexibility index (Phi) is 5.83. The Morgan fingerprint density at radius 2 is 1.96 bits per heavy atom. The van der Waals surface area contributed by atoms with Crippen molar-refractivity contribution in [2.75, 3.05) is 0 Å². The van der Waals surface area contributed by atoms with E-state index in [-0.39, 0.29) is 11.4 Å². The van der Waals surface area contributed by atoms with Crippen molar-refractivity contribution >= 4 is 17.7 Å². The average molecular weight is 329 g/mol. The number of ketones is 1. The van der Waals surface area contributed by atoms with Crippen molar-refractivity contribution in [3.05, 3.63) is 53.6 Å². The Balaban J connectivity index is 2.18. The summed E-state index contributed by atoms with van der Waals surface area (Å²) in [6.45, 7) is 1.94. The van der Waals surface area contributed by atoms with E-state index in [1.165, 1.54) is 6.33 Å². The Bertz CT molecular complexity index is 724. The maximum atomic E-state index is 12.4. The van der Waals surface area contributed by atoms with E-state index < -0.39 is 23.7 Å². The van der Waals surface area contributed by atoms with Crippen LogP contribution >= 0.6 is 0 Å². The molecule has 0 saturated carbocycles. The lowest BCUT2D eigenvalue weighted by Crippen LogP contribution is -2.41. The topological polar surface area (TPSA) is 112 Å². The van der Waals surface area contributed by atoms with Gasteiger partial charge in [0.25, 0.3) is 5.91 Å². The Morgan fingerprint density at radius 3 is 2.58 bits per heavy atom. The van der Waals surface area contributed by atoms with Gasteiger partial charge in [0.05, 0.1) is 6.33 Å². The highest BCUT2D eigenvalue weighted by Gasteiger charge is 2.25. The van der Waals surface area contributed by atoms with Crippen molar-refractivity contribution in [2.24, 2.45) is 0 Å². The van der Waals surface area contributed by atoms with E-state index in [0.717, 1.165) is 6.42 Å². The average Bonchev–Trinajstić information content (AvgIpc) is 3.08. The highest BCUT2D eigenvalue weighted by molar-refractivity contribution is 6.13. The lowest BCUT2D eigenvalue weighted by molar-refractivity contribution is -0.139. The predicted octanol–water partition coefficient (Wildman–Crippen LogP) is 2.01. The van der Waals surface area contributed by atoms with Crippen molar-refractivity contribution in [3.8, 4) is 0 Å². The van der Waals surface area contributed by atoms with Crippen molar-refractivity contribution in [1.82, 2.24) is 15.3 Å². The fourth-order valence-electron chi connectivity index (χ4n) is 2.26. The number of unbranched alkanes of at least 4 members (excludes halogenated alkanes) is 1. The number of nitrogens with zero attached hydrogens (tertiary/aromatic N) is 1. The number of hydrogen-bond acceptors (Lipinski definition) is 4. The summed E-state index contributed by atoms with van der Waals surface area (Å²) in [5, 5.41) is 11.6. The number of benzene rings is 1. The summed E-state index contributed by atoms with van der Waals surface area (Å²) in [7, 11) is 0. The van der Waals surface area contributed by atoms with Gasteiger partial charge in [-0.1, -0.05) is 50.1 Å². The molecule has 2 rings (SSSR count). The number of amides is 1. The van der Waals surface area contributed by atoms with Crippen LogP contribution in [0.5, 0.6) is 0 Å². The molecule has 0 aliphatic carbocycles. The van der Waals surface area contributed by atoms with E-state index in [2.05, 4.69) is 15.3 Å². The number of carboxylic acids is 1. The zero-order valence-electron chi connectivity index (χ0n) is 13.3. The van der Waals surface area contributed by atoms with Crippen molar-refractivity contribution < 1.29 is 19.5 Å². The summed E-state index contributed by atoms with van der Waals surface area (Å²) in [5.74, 6) is -2.16. The third-order valence-electron chi connectivity index (χ3n) is 3.57. The number of aromatic amines is 1. The molecule has 0 radical (unpaired) electrons. The van der Waals surface area contributed by atoms with Crippen molar-refractivity contribution in [3.63, 3.8) is 0 Å². The van der Waals surface area contributed by atoms with Crippen LogP contribution in [0.15, 0.2) is 36.7 Å². The van der Waals surface area contributed by atoms with Crippen LogP contribution in [0, 0.1) is 0 Å². The molecule has 1 unspecified atom stereocenters. The number of aromatic nitrogens is 2. The van der Waals surface area contributed by atoms with Gasteiger partial charge >= 0.3 is 5.97 Å². The minimum Gasteiger partial charge on any atom is -0.480 e. The van der Waals surface area contributed by atoms with Crippen molar-refractivity contribution in [2.45, 2.75) is 32.2 Å². The Labute approximate surface area is 139 Å². The molecule has 1 aromatic carbocycles. The molecular formula is C17H19N3O4. The number of H-pyrrole nitrogens is 1. The summed E-state index contributed by atoms with van der Waals surface area (Å²) in [4.78, 5) is 42.6. The molecule has 7 nitrogen and oxygen atoms in total. The number of rotatable bonds is 8. The number of carbonyl (C=O) groups excluding carboxylic acids is 2. The van der Waals surface area contributed by atoms with E-state index in [9.17, 15) is 19.5 Å². The highest BCUT2D eigenvalue weighted by atomic mass is 16.4. The molecule has 0 aliphatic rings. The monoisotopic (exact) mass is 329 g/mol. The lowest BCUT2D eigenvalue weighted by Gasteiger charge is -2.13. The summed E-state index contributed by atoms with van der Waals surface area (Å²) < 4.78 is 0. The molecule has 0 aliphatic heterocycles. The molecule has 7 heteroatoms. The Morgan fingerprint density at radius 1 is 1.25 bits per heavy atom. The molecule has 1 atom stereocenters. The maximum absolute atomic E-state index is 12.4. The lowest BCUT2D eigenvalue weighted by atomic mass is 10.1. The van der Waals surface area contributed by atoms with Crippen LogP contribution in [-0.2, 0) is 4.79 Å². The third-order valence-corrected chi connectivity index (χ3v) is 3.57. The van der Waals surface area contributed by atoms with Crippen LogP contribution < -0.4 is 5.32 Å². The van der Waals surface area contributed by atoms with Gasteiger partial charge in [0, 0.05) is 5.56 Å². The standard InChI is InChI=1S/C17H19N3O4/c1-2-3-9-12(17(23)24)20-16(22)14-13(18-10-19-14)15(21)11-7-5-4-6-8-11/h4-8,10,12H,2-3,9H2,1H3,(H,18,19)(H,20,22)(H,23,24). The molecular weight excluding hydrogens is 310 g/mol. The summed E-state index contributed by atoms with van der Waals surface area (Å²) >= 11 is 0. The fourth-order valence-corrected chi connectivity index (χ4v) is 2.26. The van der Waals surface area contributed by atoms with Crippen LogP contribution in [0.25, 0.3) is 0 Å². The van der Waals surface area contributed by atoms with Crippen molar-refractivity contribution in [1.29, 1.82) is 0 Å². The molecule has 3 N–H and O–H groups in total. The van der Waals surface area contributed by atoms with E-state index in [1.54, 1.807) is 30.3 Å². The first-order valence-corrected chi connectivity index (χ1v) is 7.71. The van der Waals surface area contributed by atoms with Crippen LogP contribution in [0.4, 0.5) is 0 Å². The second kappa shape index (κ2) is 8.05. The van der Waals surface area contributed by atoms with Crippen LogP contribution in [0.3, 0.4) is 0 Å². The van der Waals surface area contributed by atoms with E-state index in [4.69, 9.17) is 0 Å². The smallest absolute Gasteiger partial charge is 0.326 e. The van der Waals surface area contributed by atoms with Gasteiger partial charge in [-0.25, -0.2) is 9.78 Å². The molecule has 0 saturated heterocycles.